The number of nitrogens with two attached hydrogens (primary N) is 1. The van der Waals surface area contributed by atoms with Crippen LogP contribution in [0.25, 0.3) is 52.0 Å². The van der Waals surface area contributed by atoms with Crippen LogP contribution in [0, 0.1) is 17.5 Å². The lowest BCUT2D eigenvalue weighted by molar-refractivity contribution is 0.0851. The molecule has 3 amide bonds. The van der Waals surface area contributed by atoms with Crippen LogP contribution in [0.5, 0.6) is 0 Å². The number of benzene rings is 7. The minimum atomic E-state index is -3.68. The summed E-state index contributed by atoms with van der Waals surface area (Å²) in [6.45, 7) is 0.286. The summed E-state index contributed by atoms with van der Waals surface area (Å²) < 4.78 is 96.2. The number of halogens is 9. The van der Waals surface area contributed by atoms with Crippen molar-refractivity contribution in [2.45, 2.75) is 42.4 Å². The van der Waals surface area contributed by atoms with E-state index in [2.05, 4.69) is 25.8 Å². The number of nitrogens with zero attached hydrogens (tertiary/aromatic N) is 7. The predicted molar refractivity (Wildman–Crippen MR) is 405 cm³/mol. The van der Waals surface area contributed by atoms with Gasteiger partial charge in [-0.3, -0.25) is 19.4 Å². The topological polar surface area (TPSA) is 256 Å². The van der Waals surface area contributed by atoms with Crippen molar-refractivity contribution in [1.29, 1.82) is 0 Å². The second-order valence-electron chi connectivity index (χ2n) is 24.6. The number of aliphatic hydroxyl groups is 1. The summed E-state index contributed by atoms with van der Waals surface area (Å²) >= 11 is 39.3. The molecule has 0 fully saturated rings. The van der Waals surface area contributed by atoms with Crippen molar-refractivity contribution in [2.75, 3.05) is 17.3 Å². The van der Waals surface area contributed by atoms with Gasteiger partial charge in [0.2, 0.25) is 0 Å². The fraction of sp³-hybridized carbons (Fsp3) is 0.133. The predicted octanol–water partition coefficient (Wildman–Crippen LogP) is 15.5. The lowest BCUT2D eigenvalue weighted by Gasteiger charge is -2.20. The Bertz CT molecular complexity index is 5630. The maximum Gasteiger partial charge on any atom is 0.272 e. The van der Waals surface area contributed by atoms with E-state index in [1.165, 1.54) is 82.2 Å². The Balaban J connectivity index is 0.000000141. The number of nitrogens with one attached hydrogen (secondary N) is 2. The first-order valence-corrected chi connectivity index (χ1v) is 38.9. The van der Waals surface area contributed by atoms with Crippen LogP contribution in [0.4, 0.5) is 13.2 Å². The molecule has 1 aliphatic carbocycles. The molecule has 30 heteroatoms. The number of fused-ring (bicyclic) bond motifs is 4. The molecule has 0 saturated carbocycles. The third-order valence-corrected chi connectivity index (χ3v) is 22.8. The van der Waals surface area contributed by atoms with Crippen molar-refractivity contribution in [3.63, 3.8) is 0 Å². The Morgan fingerprint density at radius 1 is 0.524 bits per heavy atom. The van der Waals surface area contributed by atoms with Crippen LogP contribution in [0.2, 0.25) is 30.1 Å². The molecular weight excluding hydrogens is 1530 g/mol. The largest absolute Gasteiger partial charge is 0.390 e. The smallest absolute Gasteiger partial charge is 0.272 e. The van der Waals surface area contributed by atoms with Crippen LogP contribution in [0.1, 0.15) is 105 Å². The molecule has 2 atom stereocenters. The summed E-state index contributed by atoms with van der Waals surface area (Å²) in [5.41, 5.74) is 16.0. The highest BCUT2D eigenvalue weighted by molar-refractivity contribution is 7.99. The molecule has 7 heterocycles. The number of rotatable bonds is 12. The highest BCUT2D eigenvalue weighted by atomic mass is 35.5. The number of hydrogen-bond donors (Lipinski definition) is 4. The van der Waals surface area contributed by atoms with Crippen molar-refractivity contribution < 1.29 is 49.5 Å². The molecule has 0 bridgehead atoms. The zero-order valence-corrected chi connectivity index (χ0v) is 61.4. The van der Waals surface area contributed by atoms with Gasteiger partial charge in [0, 0.05) is 55.9 Å². The van der Waals surface area contributed by atoms with Gasteiger partial charge < -0.3 is 21.5 Å². The van der Waals surface area contributed by atoms with Gasteiger partial charge in [0.15, 0.2) is 36.8 Å². The molecule has 3 aliphatic heterocycles. The number of amides is 3. The lowest BCUT2D eigenvalue weighted by Crippen LogP contribution is -2.35. The SMILES string of the molecule is NC(=O)c1nn(-c2ccc(Cl)cc2Cl)c2c1CS(=O)(=O)C/C2=C\c1ccc(F)cc1.O=C(NCc1ccccn1)c1nn(-c2ccc(Cl)cc2Cl)c2c1CSC/C2=C\c1ccc(F)cc1.O=C(N[C@H]1c2ccccc2C[C@H]1O)c1nn(-c2ccc(Cl)cc2Cl)c2c1CS(=O)(=O)C/C2=C\c1ccc(F)cc1. The van der Waals surface area contributed by atoms with E-state index < -0.39 is 61.0 Å². The average Bonchev–Trinajstić information content (AvgIpc) is 1.62. The first kappa shape index (κ1) is 74.0. The summed E-state index contributed by atoms with van der Waals surface area (Å²) in [4.78, 5) is 43.2. The van der Waals surface area contributed by atoms with Crippen molar-refractivity contribution >= 4 is 154 Å². The number of carbonyl (C=O) groups excluding carboxylic acids is 3. The van der Waals surface area contributed by atoms with E-state index in [9.17, 15) is 49.5 Å². The van der Waals surface area contributed by atoms with Crippen molar-refractivity contribution in [1.82, 2.24) is 45.0 Å². The second kappa shape index (κ2) is 31.0. The quantitative estimate of drug-likeness (QED) is 0.0889. The van der Waals surface area contributed by atoms with E-state index in [-0.39, 0.29) is 68.1 Å². The molecule has 18 nitrogen and oxygen atoms in total. The molecule has 11 aromatic rings. The molecule has 0 spiro atoms. The number of hydrogen-bond acceptors (Lipinski definition) is 13. The van der Waals surface area contributed by atoms with Crippen LogP contribution in [0.15, 0.2) is 176 Å². The van der Waals surface area contributed by atoms with Crippen LogP contribution >= 0.6 is 81.4 Å². The minimum absolute atomic E-state index is 0.0918. The molecule has 0 saturated heterocycles. The van der Waals surface area contributed by atoms with Gasteiger partial charge in [0.1, 0.15) is 17.5 Å². The van der Waals surface area contributed by atoms with Gasteiger partial charge in [-0.1, -0.05) is 136 Å². The van der Waals surface area contributed by atoms with Gasteiger partial charge in [-0.05, 0) is 166 Å². The van der Waals surface area contributed by atoms with E-state index in [4.69, 9.17) is 80.4 Å². The van der Waals surface area contributed by atoms with Crippen LogP contribution in [-0.4, -0.2) is 97.4 Å². The first-order valence-electron chi connectivity index (χ1n) is 31.9. The summed E-state index contributed by atoms with van der Waals surface area (Å²) in [6, 6.07) is 44.5. The molecule has 105 heavy (non-hydrogen) atoms. The van der Waals surface area contributed by atoms with Gasteiger partial charge in [-0.15, -0.1) is 0 Å². The molecular formula is C75H55Cl6F3N10O8S3. The first-order chi connectivity index (χ1) is 50.2. The Hall–Kier alpha value is -9.31. The number of pyridine rings is 1. The molecule has 15 rings (SSSR count). The van der Waals surface area contributed by atoms with Crippen LogP contribution in [-0.2, 0) is 49.9 Å². The molecule has 4 aliphatic rings. The third-order valence-electron chi connectivity index (χ3n) is 17.2. The molecule has 0 radical (unpaired) electrons. The lowest BCUT2D eigenvalue weighted by atomic mass is 10.0. The van der Waals surface area contributed by atoms with Crippen LogP contribution < -0.4 is 16.4 Å². The van der Waals surface area contributed by atoms with Gasteiger partial charge in [0.05, 0.1) is 96.6 Å². The number of primary amides is 1. The van der Waals surface area contributed by atoms with Gasteiger partial charge >= 0.3 is 0 Å². The van der Waals surface area contributed by atoms with Crippen LogP contribution in [0.3, 0.4) is 0 Å². The normalized spacial score (nSPS) is 17.1. The molecule has 4 aromatic heterocycles. The zero-order chi connectivity index (χ0) is 74.2. The fourth-order valence-electron chi connectivity index (χ4n) is 12.6. The second-order valence-corrected chi connectivity index (χ2v) is 32.2. The van der Waals surface area contributed by atoms with Gasteiger partial charge in [-0.2, -0.15) is 27.1 Å². The number of sulfone groups is 2. The summed E-state index contributed by atoms with van der Waals surface area (Å²) in [7, 11) is -7.25. The molecule has 0 unspecified atom stereocenters. The standard InChI is InChI=1S/C29H22Cl2FN3O4S.C26H19Cl2FN4OS.C20H14Cl2FN3O3S/c30-19-7-10-24(23(31)13-19)35-28-18(11-16-5-8-20(32)9-6-16)14-40(38,39)15-22(28)27(34-35)29(37)33-26-21-4-2-1-3-17(21)12-25(26)36;27-18-6-9-23(22(28)12-18)33-25-17(11-16-4-7-19(29)8-5-16)14-35-15-21(25)24(32-33)26(34)31-13-20-3-1-2-10-30-20;21-13-3-6-17(16(22)8-13)26-19-12(7-11-1-4-14(23)5-2-11)9-30(28,29)10-15(19)18(25-26)20(24)27/h1-11,13,25-26,36H,12,14-15H2,(H,33,37);1-12H,13-15H2,(H,31,34);1-8H,9-10H2,(H2,24,27)/b18-11+;17-11+;12-7+/t25-,26+;;/m1../s1. The number of aliphatic hydroxyl groups excluding tert-OH is 1. The van der Waals surface area contributed by atoms with Crippen molar-refractivity contribution in [3.8, 4) is 17.1 Å². The highest BCUT2D eigenvalue weighted by Gasteiger charge is 2.40. The summed E-state index contributed by atoms with van der Waals surface area (Å²) in [6.07, 6.45) is 6.46. The Labute approximate surface area is 633 Å². The van der Waals surface area contributed by atoms with E-state index in [0.717, 1.165) is 39.2 Å². The fourth-order valence-corrected chi connectivity index (χ4v) is 18.1. The van der Waals surface area contributed by atoms with E-state index in [1.54, 1.807) is 89.4 Å². The van der Waals surface area contributed by atoms with Gasteiger partial charge in [0.25, 0.3) is 17.7 Å². The Morgan fingerprint density at radius 3 is 1.41 bits per heavy atom. The summed E-state index contributed by atoms with van der Waals surface area (Å²) in [5.74, 6) is -2.98. The maximum atomic E-state index is 13.7. The number of aromatic nitrogens is 7. The Kier molecular flexibility index (Phi) is 21.9. The minimum Gasteiger partial charge on any atom is -0.390 e. The number of thioether (sulfide) groups is 1. The van der Waals surface area contributed by atoms with E-state index >= 15 is 0 Å². The monoisotopic (exact) mass is 1590 g/mol. The molecule has 7 aromatic carbocycles. The van der Waals surface area contributed by atoms with Gasteiger partial charge in [-0.25, -0.2) is 44.1 Å². The third kappa shape index (κ3) is 16.6. The Morgan fingerprint density at radius 2 is 0.952 bits per heavy atom. The maximum absolute atomic E-state index is 13.7. The van der Waals surface area contributed by atoms with E-state index in [0.29, 0.717) is 94.4 Å². The van der Waals surface area contributed by atoms with Crippen molar-refractivity contribution in [3.05, 3.63) is 308 Å². The summed E-state index contributed by atoms with van der Waals surface area (Å²) in [5, 5.41) is 32.3. The molecule has 5 N–H and O–H groups in total. The molecule has 534 valence electrons. The van der Waals surface area contributed by atoms with E-state index in [1.807, 2.05) is 48.5 Å². The van der Waals surface area contributed by atoms with Crippen molar-refractivity contribution in [2.24, 2.45) is 5.73 Å². The average molecular weight is 1590 g/mol. The highest BCUT2D eigenvalue weighted by Crippen LogP contribution is 2.42. The number of carbonyl (C=O) groups is 3. The zero-order valence-electron chi connectivity index (χ0n) is 54.4.